The predicted octanol–water partition coefficient (Wildman–Crippen LogP) is 4.93. The number of nitriles is 1. The van der Waals surface area contributed by atoms with E-state index < -0.39 is 0 Å². The van der Waals surface area contributed by atoms with Crippen LogP contribution in [-0.4, -0.2) is 5.04 Å². The fourth-order valence-corrected chi connectivity index (χ4v) is 2.91. The molecule has 0 spiro atoms. The summed E-state index contributed by atoms with van der Waals surface area (Å²) in [6.45, 7) is 2.02. The van der Waals surface area contributed by atoms with Gasteiger partial charge in [0.25, 0.3) is 0 Å². The van der Waals surface area contributed by atoms with Crippen LogP contribution in [0.1, 0.15) is 11.1 Å². The zero-order valence-corrected chi connectivity index (χ0v) is 13.4. The van der Waals surface area contributed by atoms with Gasteiger partial charge >= 0.3 is 0 Å². The average Bonchev–Trinajstić information content (AvgIpc) is 3.05. The van der Waals surface area contributed by atoms with E-state index >= 15 is 0 Å². The fourth-order valence-electron chi connectivity index (χ4n) is 2.07. The van der Waals surface area contributed by atoms with Crippen LogP contribution in [0.25, 0.3) is 5.57 Å². The van der Waals surface area contributed by atoms with Crippen molar-refractivity contribution >= 4 is 22.4 Å². The molecule has 3 rings (SSSR count). The molecule has 4 heteroatoms. The van der Waals surface area contributed by atoms with Crippen LogP contribution >= 0.6 is 11.8 Å². The van der Waals surface area contributed by atoms with Gasteiger partial charge in [0.2, 0.25) is 0 Å². The molecule has 0 saturated carbocycles. The van der Waals surface area contributed by atoms with E-state index in [1.54, 1.807) is 0 Å². The number of oxime groups is 1. The zero-order chi connectivity index (χ0) is 16.1. The summed E-state index contributed by atoms with van der Waals surface area (Å²) < 4.78 is 0. The fraction of sp³-hybridized carbons (Fsp3) is 0.0526. The van der Waals surface area contributed by atoms with E-state index in [0.29, 0.717) is 11.3 Å². The Hall–Kier alpha value is -2.77. The Labute approximate surface area is 139 Å². The maximum Gasteiger partial charge on any atom is 0.158 e. The molecule has 1 aliphatic heterocycles. The molecule has 0 aromatic heterocycles. The molecule has 3 nitrogen and oxygen atoms in total. The highest BCUT2D eigenvalue weighted by Crippen LogP contribution is 2.33. The van der Waals surface area contributed by atoms with Crippen molar-refractivity contribution in [2.45, 2.75) is 6.92 Å². The van der Waals surface area contributed by atoms with Gasteiger partial charge in [-0.25, -0.2) is 0 Å². The first kappa shape index (κ1) is 15.1. The molecular formula is C19H14N2OS. The number of aryl methyl sites for hydroxylation is 1. The van der Waals surface area contributed by atoms with Gasteiger partial charge in [-0.15, -0.1) is 0 Å². The van der Waals surface area contributed by atoms with E-state index in [9.17, 15) is 5.26 Å². The van der Waals surface area contributed by atoms with Crippen molar-refractivity contribution in [1.82, 2.24) is 0 Å². The summed E-state index contributed by atoms with van der Waals surface area (Å²) in [7, 11) is 0. The van der Waals surface area contributed by atoms with E-state index in [2.05, 4.69) is 11.2 Å². The number of nitrogens with zero attached hydrogens (tertiary/aromatic N) is 2. The maximum absolute atomic E-state index is 9.43. The molecule has 0 bridgehead atoms. The normalized spacial score (nSPS) is 17.1. The molecule has 0 unspecified atom stereocenters. The van der Waals surface area contributed by atoms with Crippen molar-refractivity contribution in [1.29, 1.82) is 5.26 Å². The van der Waals surface area contributed by atoms with E-state index in [0.717, 1.165) is 15.5 Å². The Morgan fingerprint density at radius 2 is 1.78 bits per heavy atom. The number of hydrogen-bond donors (Lipinski definition) is 0. The first-order chi connectivity index (χ1) is 11.3. The first-order valence-corrected chi connectivity index (χ1v) is 7.95. The molecule has 0 aliphatic carbocycles. The highest BCUT2D eigenvalue weighted by Gasteiger charge is 2.15. The van der Waals surface area contributed by atoms with Gasteiger partial charge in [-0.1, -0.05) is 64.9 Å². The molecule has 0 saturated heterocycles. The number of hydrogen-bond acceptors (Lipinski definition) is 4. The van der Waals surface area contributed by atoms with Crippen LogP contribution in [0, 0.1) is 18.3 Å². The van der Waals surface area contributed by atoms with Gasteiger partial charge in [0.1, 0.15) is 11.1 Å². The highest BCUT2D eigenvalue weighted by atomic mass is 32.2. The van der Waals surface area contributed by atoms with Crippen molar-refractivity contribution in [2.75, 3.05) is 0 Å². The summed E-state index contributed by atoms with van der Waals surface area (Å²) in [6, 6.07) is 19.6. The third-order valence-electron chi connectivity index (χ3n) is 3.27. The summed E-state index contributed by atoms with van der Waals surface area (Å²) in [5.41, 5.74) is 2.72. The topological polar surface area (TPSA) is 45.4 Å². The molecule has 0 fully saturated rings. The monoisotopic (exact) mass is 318 g/mol. The minimum atomic E-state index is 0.646. The average molecular weight is 318 g/mol. The summed E-state index contributed by atoms with van der Waals surface area (Å²) in [4.78, 5) is 6.30. The van der Waals surface area contributed by atoms with Crippen LogP contribution in [0.5, 0.6) is 5.75 Å². The number of thioether (sulfide) groups is 1. The molecule has 0 N–H and O–H groups in total. The summed E-state index contributed by atoms with van der Waals surface area (Å²) in [5, 5.41) is 14.3. The van der Waals surface area contributed by atoms with Gasteiger partial charge in [-0.2, -0.15) is 5.26 Å². The van der Waals surface area contributed by atoms with E-state index in [-0.39, 0.29) is 0 Å². The Kier molecular flexibility index (Phi) is 4.60. The molecule has 2 aromatic carbocycles. The van der Waals surface area contributed by atoms with Crippen molar-refractivity contribution in [3.63, 3.8) is 0 Å². The highest BCUT2D eigenvalue weighted by molar-refractivity contribution is 8.18. The van der Waals surface area contributed by atoms with Crippen molar-refractivity contribution < 1.29 is 4.84 Å². The van der Waals surface area contributed by atoms with Gasteiger partial charge in [-0.3, -0.25) is 0 Å². The number of allylic oxidation sites excluding steroid dienone is 2. The number of rotatable bonds is 3. The van der Waals surface area contributed by atoms with Crippen molar-refractivity contribution in [3.8, 4) is 11.8 Å². The van der Waals surface area contributed by atoms with Crippen molar-refractivity contribution in [2.24, 2.45) is 5.16 Å². The molecule has 0 atom stereocenters. The molecule has 2 aromatic rings. The zero-order valence-electron chi connectivity index (χ0n) is 12.6. The quantitative estimate of drug-likeness (QED) is 0.595. The Morgan fingerprint density at radius 1 is 1.04 bits per heavy atom. The molecule has 1 heterocycles. The first-order valence-electron chi connectivity index (χ1n) is 7.13. The van der Waals surface area contributed by atoms with E-state index in [1.807, 2.05) is 73.7 Å². The van der Waals surface area contributed by atoms with Crippen LogP contribution in [0.2, 0.25) is 0 Å². The molecule has 0 radical (unpaired) electrons. The summed E-state index contributed by atoms with van der Waals surface area (Å²) >= 11 is 1.43. The van der Waals surface area contributed by atoms with Crippen molar-refractivity contribution in [3.05, 3.63) is 82.8 Å². The Balaban J connectivity index is 1.76. The molecular weight excluding hydrogens is 304 g/mol. The van der Waals surface area contributed by atoms with Gasteiger partial charge in [-0.05, 0) is 36.8 Å². The predicted molar refractivity (Wildman–Crippen MR) is 94.9 cm³/mol. The lowest BCUT2D eigenvalue weighted by Crippen LogP contribution is -1.89. The lowest BCUT2D eigenvalue weighted by atomic mass is 10.1. The minimum Gasteiger partial charge on any atom is -0.356 e. The standard InChI is InChI=1S/C19H14N2OS/c1-14-7-9-16(10-8-14)22-21-19-12-11-18(23-19)17(13-20)15-5-3-2-4-6-15/h2-12H,1H3. The minimum absolute atomic E-state index is 0.646. The van der Waals surface area contributed by atoms with Crippen LogP contribution in [0.4, 0.5) is 0 Å². The lowest BCUT2D eigenvalue weighted by Gasteiger charge is -2.02. The third-order valence-corrected chi connectivity index (χ3v) is 4.25. The van der Waals surface area contributed by atoms with Gasteiger partial charge in [0, 0.05) is 4.91 Å². The van der Waals surface area contributed by atoms with E-state index in [4.69, 9.17) is 4.84 Å². The molecule has 0 amide bonds. The van der Waals surface area contributed by atoms with Crippen LogP contribution < -0.4 is 4.84 Å². The van der Waals surface area contributed by atoms with Crippen LogP contribution in [-0.2, 0) is 0 Å². The van der Waals surface area contributed by atoms with E-state index in [1.165, 1.54) is 17.3 Å². The van der Waals surface area contributed by atoms with Gasteiger partial charge in [0.15, 0.2) is 5.75 Å². The second-order valence-corrected chi connectivity index (χ2v) is 6.05. The summed E-state index contributed by atoms with van der Waals surface area (Å²) in [6.07, 6.45) is 3.75. The van der Waals surface area contributed by atoms with Crippen LogP contribution in [0.3, 0.4) is 0 Å². The lowest BCUT2D eigenvalue weighted by molar-refractivity contribution is 0.343. The summed E-state index contributed by atoms with van der Waals surface area (Å²) in [5.74, 6) is 0.693. The molecule has 1 aliphatic rings. The SMILES string of the molecule is Cc1ccc(ON=C2C=CC(=C(C#N)c3ccccc3)S2)cc1. The molecule has 23 heavy (non-hydrogen) atoms. The van der Waals surface area contributed by atoms with Gasteiger partial charge in [0.05, 0.1) is 5.57 Å². The Bertz CT molecular complexity index is 828. The number of benzene rings is 2. The Morgan fingerprint density at radius 3 is 2.48 bits per heavy atom. The second kappa shape index (κ2) is 6.99. The molecule has 112 valence electrons. The second-order valence-electron chi connectivity index (χ2n) is 4.99. The van der Waals surface area contributed by atoms with Gasteiger partial charge < -0.3 is 4.84 Å². The third kappa shape index (κ3) is 3.71. The maximum atomic E-state index is 9.43. The largest absolute Gasteiger partial charge is 0.356 e. The van der Waals surface area contributed by atoms with Crippen LogP contribution in [0.15, 0.2) is 76.8 Å². The smallest absolute Gasteiger partial charge is 0.158 e.